The van der Waals surface area contributed by atoms with Gasteiger partial charge in [-0.05, 0) is 112 Å². The van der Waals surface area contributed by atoms with Crippen LogP contribution in [0.1, 0.15) is 139 Å². The third-order valence-corrected chi connectivity index (χ3v) is 25.3. The highest BCUT2D eigenvalue weighted by Gasteiger charge is 2.47. The van der Waals surface area contributed by atoms with Crippen LogP contribution in [-0.2, 0) is 112 Å². The minimum atomic E-state index is -1.93. The molecule has 24 N–H and O–H groups in total. The van der Waals surface area contributed by atoms with Gasteiger partial charge in [-0.3, -0.25) is 86.3 Å². The number of fused-ring (bicyclic) bond motifs is 4. The van der Waals surface area contributed by atoms with E-state index in [9.17, 15) is 63.3 Å². The number of thioether (sulfide) groups is 1. The number of carboxylic acids is 1. The smallest absolute Gasteiger partial charge is 0.305 e. The monoisotopic (exact) mass is 1900 g/mol. The second-order valence-electron chi connectivity index (χ2n) is 34.1. The molecule has 3 aromatic heterocycles. The fourth-order valence-corrected chi connectivity index (χ4v) is 17.5. The predicted molar refractivity (Wildman–Crippen MR) is 493 cm³/mol. The molecule has 3 aliphatic rings. The number of aliphatic hydroxyl groups excluding tert-OH is 1. The lowest BCUT2D eigenvalue weighted by molar-refractivity contribution is -0.149. The molecule has 0 unspecified atom stereocenters. The Morgan fingerprint density at radius 3 is 1.65 bits per heavy atom. The third kappa shape index (κ3) is 29.2. The topological polar surface area (TPSA) is 669 Å². The summed E-state index contributed by atoms with van der Waals surface area (Å²) in [6, 6.07) is -2.50. The molecule has 9 rings (SSSR count). The van der Waals surface area contributed by atoms with E-state index in [-0.39, 0.29) is 102 Å². The molecule has 0 bridgehead atoms. The molecule has 45 heteroatoms. The minimum absolute atomic E-state index is 0.00146. The molecule has 6 aromatic rings. The molecule has 0 aliphatic carbocycles. The molecule has 44 nitrogen and oxygen atoms in total. The van der Waals surface area contributed by atoms with Crippen LogP contribution in [0.25, 0.3) is 21.8 Å². The average molecular weight is 1900 g/mol. The van der Waals surface area contributed by atoms with Crippen molar-refractivity contribution >= 4 is 140 Å². The molecule has 3 fully saturated rings. The van der Waals surface area contributed by atoms with Gasteiger partial charge in [-0.2, -0.15) is 0 Å². The van der Waals surface area contributed by atoms with Crippen LogP contribution in [0.5, 0.6) is 5.75 Å². The van der Waals surface area contributed by atoms with Gasteiger partial charge >= 0.3 is 5.97 Å². The number of unbranched alkanes of at least 4 members (excludes halogenated alkanes) is 2. The van der Waals surface area contributed by atoms with E-state index < -0.39 is 247 Å². The fourth-order valence-electron chi connectivity index (χ4n) is 16.6. The van der Waals surface area contributed by atoms with Crippen LogP contribution in [0, 0.1) is 0 Å². The van der Waals surface area contributed by atoms with E-state index >= 15 is 38.4 Å². The standard InChI is InChI=1S/C90H125N23O21S/c1-7-9-22-69-83(127)102-61(31-33-92)80(124)108-68(78(122)98-44-74(94)117)46-135-47-75(118)100-65(35-50-25-27-54(114)28-26-50)86(130)109(4)49(3)77(121)106-67(40-76(119)120)89(133)112-34-16-24-70(112)84(128)105-64(38-53-43-95-48-99-53)82(126)103-62(29-30-73(93)116)88(132)113-45-55(115)39-72(113)85(129)104-63(36-51-41-96-58-19-13-11-17-56(51)58)81(125)101-60(21-15-32-91)79(123)107-66(37-52-42-97-59-20-14-12-18-57(52)59)87(131)111(6)71(23-10-8-2)90(134)110(69)5/h11-14,17-20,25-28,41-43,48-49,55,60-72,96-97,114-115H,7-10,15-16,21-24,29-40,44-47,91-92H2,1-6H3,(H2,93,116)(H2,94,117)(H,95,99)(H,98,122)(H,100,118)(H,101,125)(H,102,127)(H,103,126)(H,104,129)(H,105,128)(H,106,121)(H,107,123)(H,108,124)(H,119,120)/t49-,55+,60-,61-,62-,63-,64-,65-,66-,67-,68-,69-,70-,71-,72-/m0/s1. The van der Waals surface area contributed by atoms with Crippen molar-refractivity contribution < 1.29 is 102 Å². The van der Waals surface area contributed by atoms with Crippen LogP contribution in [0.4, 0.5) is 0 Å². The first kappa shape index (κ1) is 105. The first-order valence-corrected chi connectivity index (χ1v) is 46.3. The van der Waals surface area contributed by atoms with Gasteiger partial charge in [-0.25, -0.2) is 4.98 Å². The van der Waals surface area contributed by atoms with Gasteiger partial charge in [-0.1, -0.05) is 88.1 Å². The molecular weight excluding hydrogens is 1770 g/mol. The average Bonchev–Trinajstić information content (AvgIpc) is 1.67. The number of carboxylic acid groups (broad SMARTS) is 1. The number of rotatable bonds is 27. The highest BCUT2D eigenvalue weighted by atomic mass is 32.2. The second-order valence-corrected chi connectivity index (χ2v) is 35.2. The SMILES string of the molecule is CCCC[C@H]1C(=O)N(C)[C@@H](CCCC)C(=O)N[C@@H](CCN)C(=O)N[C@H](C(=O)NCC(N)=O)CSCC(=O)N[C@@H](Cc2ccc(O)cc2)C(=O)N(C)[C@@H](C)C(=O)N[C@@H](CC(=O)O)C(=O)N2CCC[C@H]2C(=O)N[C@@H](Cc2cnc[nH]2)C(=O)N[C@@H](CCC(N)=O)C(=O)N2C[C@H](O)C[C@H]2C(=O)N[C@@H](Cc2c[nH]c3ccccc23)C(=O)N[C@@H](CCCN)C(=O)N[C@@H](Cc2c[nH]c3ccccc23)C(=O)N1C. The lowest BCUT2D eigenvalue weighted by atomic mass is 9.99. The number of H-pyrrole nitrogens is 3. The molecule has 0 saturated carbocycles. The minimum Gasteiger partial charge on any atom is -0.508 e. The number of likely N-dealkylation sites (N-methyl/N-ethyl adjacent to an activating group) is 3. The molecule has 3 aromatic carbocycles. The number of aromatic hydroxyl groups is 1. The first-order valence-electron chi connectivity index (χ1n) is 45.1. The Kier molecular flexibility index (Phi) is 39.3. The lowest BCUT2D eigenvalue weighted by Gasteiger charge is -2.36. The van der Waals surface area contributed by atoms with Gasteiger partial charge in [0.2, 0.25) is 100 Å². The second kappa shape index (κ2) is 50.5. The molecule has 0 radical (unpaired) electrons. The van der Waals surface area contributed by atoms with Crippen LogP contribution in [-0.4, -0.2) is 322 Å². The summed E-state index contributed by atoms with van der Waals surface area (Å²) in [6.07, 6.45) is 1.98. The van der Waals surface area contributed by atoms with Crippen LogP contribution in [0.3, 0.4) is 0 Å². The number of phenols is 1. The Bertz CT molecular complexity index is 5210. The zero-order valence-electron chi connectivity index (χ0n) is 76.4. The molecule has 3 aliphatic heterocycles. The van der Waals surface area contributed by atoms with Gasteiger partial charge in [-0.15, -0.1) is 11.8 Å². The lowest BCUT2D eigenvalue weighted by Crippen LogP contribution is -2.61. The van der Waals surface area contributed by atoms with Gasteiger partial charge in [0, 0.05) is 125 Å². The van der Waals surface area contributed by atoms with Gasteiger partial charge in [0.25, 0.3) is 0 Å². The summed E-state index contributed by atoms with van der Waals surface area (Å²) in [5.41, 5.74) is 26.3. The number of hydrogen-bond acceptors (Lipinski definition) is 24. The van der Waals surface area contributed by atoms with Crippen molar-refractivity contribution in [1.29, 1.82) is 0 Å². The number of para-hydroxylation sites is 2. The van der Waals surface area contributed by atoms with Gasteiger partial charge in [0.05, 0.1) is 31.1 Å². The van der Waals surface area contributed by atoms with Crippen molar-refractivity contribution in [3.05, 3.63) is 120 Å². The number of amides is 17. The van der Waals surface area contributed by atoms with Gasteiger partial charge in [0.1, 0.15) is 90.3 Å². The summed E-state index contributed by atoms with van der Waals surface area (Å²) in [6.45, 7) is 3.20. The Balaban J connectivity index is 1.11. The molecule has 17 amide bonds. The summed E-state index contributed by atoms with van der Waals surface area (Å²) >= 11 is 0.757. The molecule has 3 saturated heterocycles. The molecule has 15 atom stereocenters. The summed E-state index contributed by atoms with van der Waals surface area (Å²) < 4.78 is 0. The number of nitrogens with zero attached hydrogens (tertiary/aromatic N) is 6. The van der Waals surface area contributed by atoms with E-state index in [0.29, 0.717) is 64.2 Å². The highest BCUT2D eigenvalue weighted by molar-refractivity contribution is 8.00. The van der Waals surface area contributed by atoms with Crippen LogP contribution >= 0.6 is 11.8 Å². The number of aliphatic hydroxyl groups is 1. The number of phenolic OH excluding ortho intramolecular Hbond substituents is 1. The van der Waals surface area contributed by atoms with E-state index in [4.69, 9.17) is 22.9 Å². The van der Waals surface area contributed by atoms with Crippen molar-refractivity contribution in [2.75, 3.05) is 65.4 Å². The zero-order chi connectivity index (χ0) is 98.4. The van der Waals surface area contributed by atoms with E-state index in [1.54, 1.807) is 60.9 Å². The number of aromatic amines is 3. The Hall–Kier alpha value is -13.6. The van der Waals surface area contributed by atoms with Gasteiger partial charge in [0.15, 0.2) is 0 Å². The Morgan fingerprint density at radius 2 is 1.05 bits per heavy atom. The van der Waals surface area contributed by atoms with Gasteiger partial charge < -0.3 is 131 Å². The number of aromatic nitrogens is 4. The number of carbonyl (C=O) groups is 18. The number of imidazole rings is 1. The van der Waals surface area contributed by atoms with E-state index in [1.165, 1.54) is 69.8 Å². The first-order chi connectivity index (χ1) is 64.4. The molecule has 6 heterocycles. The summed E-state index contributed by atoms with van der Waals surface area (Å²) in [5.74, 6) is -19.0. The normalized spacial score (nSPS) is 24.7. The van der Waals surface area contributed by atoms with Crippen LogP contribution < -0.4 is 76.1 Å². The number of nitrogens with two attached hydrogens (primary N) is 4. The summed E-state index contributed by atoms with van der Waals surface area (Å²) in [4.78, 5) is 281. The number of primary amides is 2. The molecular formula is C90H125N23O21S. The van der Waals surface area contributed by atoms with Crippen LogP contribution in [0.2, 0.25) is 0 Å². The van der Waals surface area contributed by atoms with Crippen LogP contribution in [0.15, 0.2) is 97.7 Å². The zero-order valence-corrected chi connectivity index (χ0v) is 77.2. The number of benzene rings is 3. The van der Waals surface area contributed by atoms with Crippen molar-refractivity contribution in [2.24, 2.45) is 22.9 Å². The number of nitrogens with one attached hydrogen (secondary N) is 13. The highest BCUT2D eigenvalue weighted by Crippen LogP contribution is 2.28. The molecule has 135 heavy (non-hydrogen) atoms. The predicted octanol–water partition coefficient (Wildman–Crippen LogP) is -3.28. The third-order valence-electron chi connectivity index (χ3n) is 24.3. The van der Waals surface area contributed by atoms with E-state index in [1.807, 2.05) is 13.8 Å². The quantitative estimate of drug-likeness (QED) is 0.0240. The molecule has 732 valence electrons. The van der Waals surface area contributed by atoms with E-state index in [2.05, 4.69) is 73.1 Å². The largest absolute Gasteiger partial charge is 0.508 e. The maximum Gasteiger partial charge on any atom is 0.305 e. The van der Waals surface area contributed by atoms with Crippen molar-refractivity contribution in [3.63, 3.8) is 0 Å². The Morgan fingerprint density at radius 1 is 0.519 bits per heavy atom. The fraction of sp³-hybridized carbons (Fsp3) is 0.522. The van der Waals surface area contributed by atoms with Crippen molar-refractivity contribution in [2.45, 2.75) is 233 Å². The number of aliphatic carboxylic acids is 1. The number of hydrogen-bond donors (Lipinski definition) is 20. The van der Waals surface area contributed by atoms with Crippen molar-refractivity contribution in [3.8, 4) is 5.75 Å². The Labute approximate surface area is 783 Å². The number of carbonyl (C=O) groups excluding carboxylic acids is 17. The van der Waals surface area contributed by atoms with E-state index in [0.717, 1.165) is 31.4 Å². The summed E-state index contributed by atoms with van der Waals surface area (Å²) in [5, 5.41) is 59.6. The molecule has 0 spiro atoms. The maximum absolute atomic E-state index is 15.8. The summed E-state index contributed by atoms with van der Waals surface area (Å²) in [7, 11) is 3.91. The maximum atomic E-state index is 15.8. The van der Waals surface area contributed by atoms with Crippen molar-refractivity contribution in [1.82, 2.24) is 97.6 Å².